The summed E-state index contributed by atoms with van der Waals surface area (Å²) in [7, 11) is -3.73. The molecule has 29 heavy (non-hydrogen) atoms. The SMILES string of the molecule is CC(C)(CNC(=O)C1CCCN(S(=O)(=O)c2ccc(F)cc2)C1)N1CCCCC1. The van der Waals surface area contributed by atoms with E-state index in [0.29, 0.717) is 25.9 Å². The average Bonchev–Trinajstić information content (AvgIpc) is 2.73. The van der Waals surface area contributed by atoms with Crippen molar-refractivity contribution in [3.63, 3.8) is 0 Å². The van der Waals surface area contributed by atoms with Crippen molar-refractivity contribution in [2.75, 3.05) is 32.7 Å². The number of rotatable bonds is 6. The fraction of sp³-hybridized carbons (Fsp3) is 0.667. The lowest BCUT2D eigenvalue weighted by atomic mass is 9.96. The first kappa shape index (κ1) is 22.2. The molecule has 0 bridgehead atoms. The molecule has 2 aliphatic rings. The third-order valence-electron chi connectivity index (χ3n) is 6.11. The Bertz CT molecular complexity index is 805. The molecule has 0 saturated carbocycles. The Morgan fingerprint density at radius 2 is 1.76 bits per heavy atom. The van der Waals surface area contributed by atoms with E-state index in [2.05, 4.69) is 24.1 Å². The Morgan fingerprint density at radius 3 is 2.41 bits per heavy atom. The summed E-state index contributed by atoms with van der Waals surface area (Å²) in [6.45, 7) is 7.48. The molecule has 162 valence electrons. The second-order valence-corrected chi connectivity index (χ2v) is 10.7. The van der Waals surface area contributed by atoms with E-state index < -0.39 is 15.8 Å². The van der Waals surface area contributed by atoms with Gasteiger partial charge in [0.1, 0.15) is 5.82 Å². The Labute approximate surface area is 173 Å². The van der Waals surface area contributed by atoms with Gasteiger partial charge in [0, 0.05) is 25.2 Å². The summed E-state index contributed by atoms with van der Waals surface area (Å²) in [5, 5.41) is 3.06. The number of hydrogen-bond acceptors (Lipinski definition) is 4. The van der Waals surface area contributed by atoms with Crippen LogP contribution >= 0.6 is 0 Å². The molecule has 1 atom stereocenters. The average molecular weight is 426 g/mol. The quantitative estimate of drug-likeness (QED) is 0.761. The van der Waals surface area contributed by atoms with E-state index in [9.17, 15) is 17.6 Å². The number of benzene rings is 1. The van der Waals surface area contributed by atoms with Gasteiger partial charge < -0.3 is 5.32 Å². The van der Waals surface area contributed by atoms with Gasteiger partial charge in [-0.25, -0.2) is 12.8 Å². The van der Waals surface area contributed by atoms with E-state index in [4.69, 9.17) is 0 Å². The van der Waals surface area contributed by atoms with E-state index in [-0.39, 0.29) is 28.8 Å². The molecule has 3 rings (SSSR count). The summed E-state index contributed by atoms with van der Waals surface area (Å²) in [5.41, 5.74) is -0.120. The molecule has 0 spiro atoms. The molecular formula is C21H32FN3O3S. The van der Waals surface area contributed by atoms with Crippen molar-refractivity contribution in [2.45, 2.75) is 56.4 Å². The highest BCUT2D eigenvalue weighted by Crippen LogP contribution is 2.25. The van der Waals surface area contributed by atoms with E-state index in [1.165, 1.54) is 35.7 Å². The topological polar surface area (TPSA) is 69.7 Å². The molecule has 1 amide bonds. The first-order valence-electron chi connectivity index (χ1n) is 10.5. The molecule has 1 aromatic carbocycles. The van der Waals surface area contributed by atoms with E-state index in [1.54, 1.807) is 0 Å². The molecule has 2 aliphatic heterocycles. The predicted molar refractivity (Wildman–Crippen MR) is 110 cm³/mol. The second-order valence-electron chi connectivity index (χ2n) is 8.73. The van der Waals surface area contributed by atoms with Crippen LogP contribution in [0.5, 0.6) is 0 Å². The zero-order chi connectivity index (χ0) is 21.1. The van der Waals surface area contributed by atoms with Gasteiger partial charge in [-0.15, -0.1) is 0 Å². The van der Waals surface area contributed by atoms with Gasteiger partial charge in [0.15, 0.2) is 0 Å². The fourth-order valence-electron chi connectivity index (χ4n) is 4.19. The van der Waals surface area contributed by atoms with Gasteiger partial charge in [0.05, 0.1) is 10.8 Å². The van der Waals surface area contributed by atoms with Gasteiger partial charge in [-0.05, 0) is 76.9 Å². The summed E-state index contributed by atoms with van der Waals surface area (Å²) in [4.78, 5) is 15.3. The van der Waals surface area contributed by atoms with Crippen molar-refractivity contribution in [1.82, 2.24) is 14.5 Å². The number of nitrogens with one attached hydrogen (secondary N) is 1. The van der Waals surface area contributed by atoms with Crippen LogP contribution in [0.1, 0.15) is 46.0 Å². The van der Waals surface area contributed by atoms with Crippen LogP contribution in [-0.2, 0) is 14.8 Å². The highest BCUT2D eigenvalue weighted by atomic mass is 32.2. The van der Waals surface area contributed by atoms with Crippen LogP contribution in [-0.4, -0.2) is 61.8 Å². The van der Waals surface area contributed by atoms with Crippen LogP contribution in [0, 0.1) is 11.7 Å². The van der Waals surface area contributed by atoms with E-state index in [0.717, 1.165) is 25.2 Å². The normalized spacial score (nSPS) is 22.4. The minimum atomic E-state index is -3.73. The Balaban J connectivity index is 1.59. The monoisotopic (exact) mass is 425 g/mol. The lowest BCUT2D eigenvalue weighted by Gasteiger charge is -2.41. The molecule has 6 nitrogen and oxygen atoms in total. The summed E-state index contributed by atoms with van der Waals surface area (Å²) >= 11 is 0. The summed E-state index contributed by atoms with van der Waals surface area (Å²) in [5.74, 6) is -0.929. The number of piperidine rings is 2. The van der Waals surface area contributed by atoms with Crippen molar-refractivity contribution in [3.05, 3.63) is 30.1 Å². The summed E-state index contributed by atoms with van der Waals surface area (Å²) in [6.07, 6.45) is 4.95. The van der Waals surface area contributed by atoms with E-state index >= 15 is 0 Å². The number of halogens is 1. The maximum absolute atomic E-state index is 13.1. The third kappa shape index (κ3) is 5.35. The summed E-state index contributed by atoms with van der Waals surface area (Å²) < 4.78 is 40.2. The molecule has 0 radical (unpaired) electrons. The first-order valence-corrected chi connectivity index (χ1v) is 11.9. The number of sulfonamides is 1. The molecule has 2 heterocycles. The molecule has 0 aliphatic carbocycles. The van der Waals surface area contributed by atoms with Crippen LogP contribution < -0.4 is 5.32 Å². The summed E-state index contributed by atoms with van der Waals surface area (Å²) in [6, 6.07) is 4.83. The zero-order valence-electron chi connectivity index (χ0n) is 17.4. The number of nitrogens with zero attached hydrogens (tertiary/aromatic N) is 2. The van der Waals surface area contributed by atoms with Gasteiger partial charge in [-0.1, -0.05) is 6.42 Å². The van der Waals surface area contributed by atoms with Crippen molar-refractivity contribution >= 4 is 15.9 Å². The molecule has 1 unspecified atom stereocenters. The van der Waals surface area contributed by atoms with Gasteiger partial charge in [-0.2, -0.15) is 4.31 Å². The van der Waals surface area contributed by atoms with Crippen molar-refractivity contribution in [1.29, 1.82) is 0 Å². The lowest BCUT2D eigenvalue weighted by molar-refractivity contribution is -0.126. The van der Waals surface area contributed by atoms with Gasteiger partial charge in [-0.3, -0.25) is 9.69 Å². The fourth-order valence-corrected chi connectivity index (χ4v) is 5.71. The number of hydrogen-bond donors (Lipinski definition) is 1. The zero-order valence-corrected chi connectivity index (χ0v) is 18.2. The molecule has 1 aromatic rings. The Hall–Kier alpha value is -1.51. The van der Waals surface area contributed by atoms with E-state index in [1.807, 2.05) is 0 Å². The van der Waals surface area contributed by atoms with Crippen molar-refractivity contribution < 1.29 is 17.6 Å². The van der Waals surface area contributed by atoms with Crippen LogP contribution in [0.2, 0.25) is 0 Å². The smallest absolute Gasteiger partial charge is 0.243 e. The minimum absolute atomic E-state index is 0.0613. The van der Waals surface area contributed by atoms with Crippen LogP contribution in [0.25, 0.3) is 0 Å². The number of carbonyl (C=O) groups is 1. The van der Waals surface area contributed by atoms with Crippen molar-refractivity contribution in [2.24, 2.45) is 5.92 Å². The Morgan fingerprint density at radius 1 is 1.10 bits per heavy atom. The lowest BCUT2D eigenvalue weighted by Crippen LogP contribution is -2.55. The maximum atomic E-state index is 13.1. The Kier molecular flexibility index (Phi) is 6.96. The van der Waals surface area contributed by atoms with Crippen LogP contribution in [0.3, 0.4) is 0 Å². The van der Waals surface area contributed by atoms with Crippen LogP contribution in [0.4, 0.5) is 4.39 Å². The highest BCUT2D eigenvalue weighted by Gasteiger charge is 2.34. The molecular weight excluding hydrogens is 393 g/mol. The molecule has 2 fully saturated rings. The van der Waals surface area contributed by atoms with Crippen molar-refractivity contribution in [3.8, 4) is 0 Å². The largest absolute Gasteiger partial charge is 0.354 e. The molecule has 0 aromatic heterocycles. The number of amides is 1. The van der Waals surface area contributed by atoms with Gasteiger partial charge in [0.25, 0.3) is 0 Å². The maximum Gasteiger partial charge on any atom is 0.243 e. The second kappa shape index (κ2) is 9.10. The van der Waals surface area contributed by atoms with Gasteiger partial charge >= 0.3 is 0 Å². The highest BCUT2D eigenvalue weighted by molar-refractivity contribution is 7.89. The predicted octanol–water partition coefficient (Wildman–Crippen LogP) is 2.61. The standard InChI is InChI=1S/C21H32FN3O3S/c1-21(2,24-12-4-3-5-13-24)16-23-20(26)17-7-6-14-25(15-17)29(27,28)19-10-8-18(22)9-11-19/h8-11,17H,3-7,12-16H2,1-2H3,(H,23,26). The molecule has 1 N–H and O–H groups in total. The van der Waals surface area contributed by atoms with Gasteiger partial charge in [0.2, 0.25) is 15.9 Å². The molecule has 8 heteroatoms. The number of likely N-dealkylation sites (tertiary alicyclic amines) is 1. The number of carbonyl (C=O) groups excluding carboxylic acids is 1. The van der Waals surface area contributed by atoms with Crippen LogP contribution in [0.15, 0.2) is 29.2 Å². The first-order chi connectivity index (χ1) is 13.7. The third-order valence-corrected chi connectivity index (χ3v) is 7.99. The molecule has 2 saturated heterocycles. The minimum Gasteiger partial charge on any atom is -0.354 e.